The molecule has 0 radical (unpaired) electrons. The molecular weight excluding hydrogens is 404 g/mol. The number of fused-ring (bicyclic) bond motifs is 1. The van der Waals surface area contributed by atoms with Gasteiger partial charge < -0.3 is 5.32 Å². The summed E-state index contributed by atoms with van der Waals surface area (Å²) >= 11 is 6.65. The number of aryl methyl sites for hydroxylation is 1. The average Bonchev–Trinajstić information content (AvgIpc) is 2.96. The molecule has 1 unspecified atom stereocenters. The number of nitrogens with zero attached hydrogens (tertiary/aromatic N) is 3. The Morgan fingerprint density at radius 3 is 2.69 bits per heavy atom. The minimum Gasteiger partial charge on any atom is -0.369 e. The fraction of sp³-hybridized carbons (Fsp3) is 0.429. The van der Waals surface area contributed by atoms with Crippen LogP contribution in [0.1, 0.15) is 45.2 Å². The highest BCUT2D eigenvalue weighted by Crippen LogP contribution is 2.34. The van der Waals surface area contributed by atoms with Gasteiger partial charge >= 0.3 is 0 Å². The molecule has 1 aliphatic rings. The van der Waals surface area contributed by atoms with Crippen molar-refractivity contribution in [2.24, 2.45) is 5.92 Å². The van der Waals surface area contributed by atoms with Gasteiger partial charge in [-0.3, -0.25) is 18.9 Å². The summed E-state index contributed by atoms with van der Waals surface area (Å²) in [7, 11) is 0. The maximum absolute atomic E-state index is 13.3. The Hall–Kier alpha value is -2.19. The summed E-state index contributed by atoms with van der Waals surface area (Å²) in [4.78, 5) is 33.0. The molecular formula is C21H26N4O2S2. The van der Waals surface area contributed by atoms with E-state index in [1.807, 2.05) is 32.9 Å². The number of hydrogen-bond acceptors (Lipinski definition) is 6. The zero-order valence-corrected chi connectivity index (χ0v) is 19.0. The predicted octanol–water partition coefficient (Wildman–Crippen LogP) is 4.07. The lowest BCUT2D eigenvalue weighted by Crippen LogP contribution is -2.36. The van der Waals surface area contributed by atoms with Gasteiger partial charge in [0.05, 0.1) is 10.5 Å². The van der Waals surface area contributed by atoms with Gasteiger partial charge in [0.15, 0.2) is 0 Å². The van der Waals surface area contributed by atoms with Gasteiger partial charge in [0.1, 0.15) is 15.8 Å². The van der Waals surface area contributed by atoms with E-state index in [4.69, 9.17) is 17.2 Å². The lowest BCUT2D eigenvalue weighted by atomic mass is 10.2. The van der Waals surface area contributed by atoms with Crippen molar-refractivity contribution in [1.29, 1.82) is 0 Å². The summed E-state index contributed by atoms with van der Waals surface area (Å²) in [5, 5.41) is 3.28. The number of carbonyl (C=O) groups excluding carboxylic acids is 1. The molecule has 29 heavy (non-hydrogen) atoms. The van der Waals surface area contributed by atoms with Crippen LogP contribution in [0.4, 0.5) is 5.82 Å². The summed E-state index contributed by atoms with van der Waals surface area (Å²) in [6.07, 6.45) is 4.14. The van der Waals surface area contributed by atoms with Crippen molar-refractivity contribution in [2.45, 2.75) is 47.1 Å². The van der Waals surface area contributed by atoms with E-state index in [0.29, 0.717) is 38.7 Å². The van der Waals surface area contributed by atoms with Gasteiger partial charge in [0.2, 0.25) is 0 Å². The van der Waals surface area contributed by atoms with Crippen LogP contribution in [0.15, 0.2) is 28.0 Å². The molecule has 0 spiro atoms. The second kappa shape index (κ2) is 8.67. The Morgan fingerprint density at radius 1 is 1.31 bits per heavy atom. The van der Waals surface area contributed by atoms with Crippen molar-refractivity contribution in [3.8, 4) is 0 Å². The van der Waals surface area contributed by atoms with Crippen molar-refractivity contribution < 1.29 is 4.79 Å². The van der Waals surface area contributed by atoms with Gasteiger partial charge in [-0.2, -0.15) is 0 Å². The van der Waals surface area contributed by atoms with Gasteiger partial charge in [-0.15, -0.1) is 0 Å². The monoisotopic (exact) mass is 430 g/mol. The van der Waals surface area contributed by atoms with Gasteiger partial charge in [-0.25, -0.2) is 4.98 Å². The minimum atomic E-state index is -0.209. The highest BCUT2D eigenvalue weighted by atomic mass is 32.2. The molecule has 1 atom stereocenters. The van der Waals surface area contributed by atoms with Crippen LogP contribution in [0.2, 0.25) is 0 Å². The molecule has 1 saturated heterocycles. The molecule has 1 aliphatic heterocycles. The van der Waals surface area contributed by atoms with E-state index in [1.165, 1.54) is 16.2 Å². The number of nitrogens with one attached hydrogen (secondary N) is 1. The third-order valence-electron chi connectivity index (χ3n) is 4.89. The Kier molecular flexibility index (Phi) is 6.43. The molecule has 2 aromatic rings. The zero-order chi connectivity index (χ0) is 21.3. The number of rotatable bonds is 6. The van der Waals surface area contributed by atoms with Gasteiger partial charge in [-0.1, -0.05) is 50.8 Å². The lowest BCUT2D eigenvalue weighted by Gasteiger charge is -2.21. The van der Waals surface area contributed by atoms with E-state index in [2.05, 4.69) is 19.2 Å². The summed E-state index contributed by atoms with van der Waals surface area (Å²) < 4.78 is 2.05. The van der Waals surface area contributed by atoms with Crippen molar-refractivity contribution in [1.82, 2.24) is 14.3 Å². The Balaban J connectivity index is 2.15. The molecule has 8 heteroatoms. The minimum absolute atomic E-state index is 0.0189. The number of thioether (sulfide) groups is 1. The molecule has 0 aliphatic carbocycles. The van der Waals surface area contributed by atoms with Crippen LogP contribution in [-0.2, 0) is 4.79 Å². The van der Waals surface area contributed by atoms with E-state index in [9.17, 15) is 9.59 Å². The van der Waals surface area contributed by atoms with Crippen LogP contribution in [0.25, 0.3) is 11.7 Å². The lowest BCUT2D eigenvalue weighted by molar-refractivity contribution is -0.123. The van der Waals surface area contributed by atoms with E-state index in [1.54, 1.807) is 17.2 Å². The quantitative estimate of drug-likeness (QED) is 0.550. The molecule has 1 fully saturated rings. The Labute approximate surface area is 180 Å². The number of amides is 1. The second-order valence-corrected chi connectivity index (χ2v) is 9.32. The first-order valence-corrected chi connectivity index (χ1v) is 11.0. The van der Waals surface area contributed by atoms with Crippen molar-refractivity contribution >= 4 is 51.7 Å². The van der Waals surface area contributed by atoms with Crippen molar-refractivity contribution in [3.05, 3.63) is 44.7 Å². The van der Waals surface area contributed by atoms with Crippen LogP contribution in [0.5, 0.6) is 0 Å². The smallest absolute Gasteiger partial charge is 0.267 e. The molecule has 1 N–H and O–H groups in total. The normalized spacial score (nSPS) is 17.0. The molecule has 0 aromatic carbocycles. The molecule has 3 heterocycles. The van der Waals surface area contributed by atoms with Gasteiger partial charge in [0.25, 0.3) is 11.5 Å². The Bertz CT molecular complexity index is 1060. The van der Waals surface area contributed by atoms with Gasteiger partial charge in [0, 0.05) is 18.8 Å². The fourth-order valence-electron chi connectivity index (χ4n) is 3.05. The average molecular weight is 431 g/mol. The van der Waals surface area contributed by atoms with Crippen LogP contribution in [0.3, 0.4) is 0 Å². The largest absolute Gasteiger partial charge is 0.369 e. The molecule has 1 amide bonds. The van der Waals surface area contributed by atoms with Crippen LogP contribution < -0.4 is 10.9 Å². The highest BCUT2D eigenvalue weighted by molar-refractivity contribution is 8.26. The summed E-state index contributed by atoms with van der Waals surface area (Å²) in [5.41, 5.74) is 1.68. The SMILES string of the molecule is CCC(C)N1C(=O)C(=Cc2c(NCC(C)C)nc3c(C)cccn3c2=O)SC1=S. The van der Waals surface area contributed by atoms with Crippen LogP contribution in [0, 0.1) is 12.8 Å². The molecule has 6 nitrogen and oxygen atoms in total. The van der Waals surface area contributed by atoms with Crippen LogP contribution in [-0.4, -0.2) is 37.1 Å². The number of pyridine rings is 1. The number of aromatic nitrogens is 2. The molecule has 2 aromatic heterocycles. The highest BCUT2D eigenvalue weighted by Gasteiger charge is 2.35. The number of carbonyl (C=O) groups is 1. The topological polar surface area (TPSA) is 66.7 Å². The van der Waals surface area contributed by atoms with Crippen molar-refractivity contribution in [3.63, 3.8) is 0 Å². The van der Waals surface area contributed by atoms with E-state index >= 15 is 0 Å². The van der Waals surface area contributed by atoms with E-state index in [-0.39, 0.29) is 17.5 Å². The summed E-state index contributed by atoms with van der Waals surface area (Å²) in [5.74, 6) is 0.716. The number of hydrogen-bond donors (Lipinski definition) is 1. The molecule has 0 saturated carbocycles. The molecule has 154 valence electrons. The predicted molar refractivity (Wildman–Crippen MR) is 124 cm³/mol. The summed E-state index contributed by atoms with van der Waals surface area (Å²) in [6.45, 7) is 10.8. The maximum Gasteiger partial charge on any atom is 0.267 e. The van der Waals surface area contributed by atoms with E-state index < -0.39 is 0 Å². The zero-order valence-electron chi connectivity index (χ0n) is 17.4. The molecule has 0 bridgehead atoms. The first-order chi connectivity index (χ1) is 13.7. The number of thiocarbonyl (C=S) groups is 1. The van der Waals surface area contributed by atoms with Crippen molar-refractivity contribution in [2.75, 3.05) is 11.9 Å². The van der Waals surface area contributed by atoms with Gasteiger partial charge in [-0.05, 0) is 43.9 Å². The number of anilines is 1. The Morgan fingerprint density at radius 2 is 2.03 bits per heavy atom. The first-order valence-electron chi connectivity index (χ1n) is 9.77. The fourth-order valence-corrected chi connectivity index (χ4v) is 4.49. The summed E-state index contributed by atoms with van der Waals surface area (Å²) in [6, 6.07) is 3.76. The standard InChI is InChI=1S/C21H26N4O2S2/c1-6-14(5)25-20(27)16(29-21(25)28)10-15-17(22-11-12(2)3)23-18-13(4)8-7-9-24(18)19(15)26/h7-10,12,14,22H,6,11H2,1-5H3. The van der Waals surface area contributed by atoms with E-state index in [0.717, 1.165) is 12.0 Å². The second-order valence-electron chi connectivity index (χ2n) is 7.65. The third kappa shape index (κ3) is 4.23. The maximum atomic E-state index is 13.3. The first kappa shape index (κ1) is 21.5. The molecule has 3 rings (SSSR count). The van der Waals surface area contributed by atoms with Crippen LogP contribution >= 0.6 is 24.0 Å². The third-order valence-corrected chi connectivity index (χ3v) is 6.22.